The van der Waals surface area contributed by atoms with E-state index in [1.807, 2.05) is 37.3 Å². The minimum Gasteiger partial charge on any atom is -0.494 e. The van der Waals surface area contributed by atoms with E-state index in [0.29, 0.717) is 6.61 Å². The summed E-state index contributed by atoms with van der Waals surface area (Å²) >= 11 is 0. The van der Waals surface area contributed by atoms with Gasteiger partial charge >= 0.3 is 0 Å². The van der Waals surface area contributed by atoms with Crippen LogP contribution in [0.3, 0.4) is 0 Å². The first-order valence-electron chi connectivity index (χ1n) is 6.96. The Labute approximate surface area is 120 Å². The van der Waals surface area contributed by atoms with Crippen molar-refractivity contribution in [1.29, 1.82) is 0 Å². The van der Waals surface area contributed by atoms with Crippen LogP contribution in [0.15, 0.2) is 42.7 Å². The monoisotopic (exact) mass is 271 g/mol. The van der Waals surface area contributed by atoms with Gasteiger partial charge in [0.05, 0.1) is 18.0 Å². The molecular formula is C16H21N3O. The predicted octanol–water partition coefficient (Wildman–Crippen LogP) is 2.90. The van der Waals surface area contributed by atoms with E-state index in [2.05, 4.69) is 22.2 Å². The summed E-state index contributed by atoms with van der Waals surface area (Å²) in [6.45, 7) is 5.70. The lowest BCUT2D eigenvalue weighted by atomic mass is 10.2. The van der Waals surface area contributed by atoms with E-state index in [0.717, 1.165) is 30.1 Å². The fraction of sp³-hybridized carbons (Fsp3) is 0.375. The Balaban J connectivity index is 1.67. The molecule has 2 rings (SSSR count). The first-order chi connectivity index (χ1) is 9.77. The number of rotatable bonds is 7. The zero-order chi connectivity index (χ0) is 14.2. The summed E-state index contributed by atoms with van der Waals surface area (Å²) in [4.78, 5) is 8.63. The maximum absolute atomic E-state index is 5.65. The van der Waals surface area contributed by atoms with Crippen LogP contribution in [0.25, 0.3) is 0 Å². The van der Waals surface area contributed by atoms with Crippen molar-refractivity contribution < 1.29 is 4.74 Å². The number of benzene rings is 1. The van der Waals surface area contributed by atoms with Gasteiger partial charge in [-0.05, 0) is 38.9 Å². The Bertz CT molecular complexity index is 516. The second-order valence-electron chi connectivity index (χ2n) is 4.72. The maximum atomic E-state index is 5.65. The summed E-state index contributed by atoms with van der Waals surface area (Å²) in [5.74, 6) is 0.922. The van der Waals surface area contributed by atoms with Crippen LogP contribution in [0.1, 0.15) is 30.8 Å². The normalized spacial score (nSPS) is 12.1. The molecule has 1 aromatic heterocycles. The van der Waals surface area contributed by atoms with E-state index in [9.17, 15) is 0 Å². The van der Waals surface area contributed by atoms with E-state index in [1.165, 1.54) is 0 Å². The minimum atomic E-state index is 0.209. The molecule has 0 radical (unpaired) electrons. The molecule has 20 heavy (non-hydrogen) atoms. The van der Waals surface area contributed by atoms with Gasteiger partial charge in [0.25, 0.3) is 0 Å². The molecule has 1 N–H and O–H groups in total. The number of hydrogen-bond acceptors (Lipinski definition) is 4. The second kappa shape index (κ2) is 7.60. The average molecular weight is 271 g/mol. The lowest BCUT2D eigenvalue weighted by Gasteiger charge is -2.14. The van der Waals surface area contributed by atoms with E-state index in [1.54, 1.807) is 12.4 Å². The number of aromatic nitrogens is 2. The maximum Gasteiger partial charge on any atom is 0.119 e. The Morgan fingerprint density at radius 3 is 2.65 bits per heavy atom. The largest absolute Gasteiger partial charge is 0.494 e. The fourth-order valence-electron chi connectivity index (χ4n) is 2.04. The van der Waals surface area contributed by atoms with Crippen LogP contribution in [0.2, 0.25) is 0 Å². The van der Waals surface area contributed by atoms with Gasteiger partial charge in [-0.3, -0.25) is 9.97 Å². The van der Waals surface area contributed by atoms with Crippen molar-refractivity contribution in [3.63, 3.8) is 0 Å². The molecule has 0 saturated heterocycles. The van der Waals surface area contributed by atoms with Gasteiger partial charge in [0, 0.05) is 18.4 Å². The molecule has 106 valence electrons. The topological polar surface area (TPSA) is 47.0 Å². The van der Waals surface area contributed by atoms with Gasteiger partial charge in [0.1, 0.15) is 5.75 Å². The quantitative estimate of drug-likeness (QED) is 0.787. The van der Waals surface area contributed by atoms with Gasteiger partial charge in [0.15, 0.2) is 0 Å². The van der Waals surface area contributed by atoms with Crippen LogP contribution in [-0.2, 0) is 0 Å². The Morgan fingerprint density at radius 1 is 1.15 bits per heavy atom. The molecule has 0 spiro atoms. The van der Waals surface area contributed by atoms with Gasteiger partial charge in [-0.1, -0.05) is 18.2 Å². The van der Waals surface area contributed by atoms with Gasteiger partial charge in [-0.25, -0.2) is 0 Å². The van der Waals surface area contributed by atoms with Gasteiger partial charge in [-0.15, -0.1) is 0 Å². The van der Waals surface area contributed by atoms with Crippen molar-refractivity contribution >= 4 is 0 Å². The summed E-state index contributed by atoms with van der Waals surface area (Å²) in [6.07, 6.45) is 4.41. The Hall–Kier alpha value is -1.94. The number of ether oxygens (including phenoxy) is 1. The minimum absolute atomic E-state index is 0.209. The molecule has 0 saturated carbocycles. The standard InChI is InChI=1S/C16H21N3O/c1-13(16-14(2)18-10-11-19-16)17-9-6-12-20-15-7-4-3-5-8-15/h3-5,7-8,10-11,13,17H,6,9,12H2,1-2H3. The van der Waals surface area contributed by atoms with Crippen LogP contribution < -0.4 is 10.1 Å². The molecule has 1 heterocycles. The van der Waals surface area contributed by atoms with E-state index in [-0.39, 0.29) is 6.04 Å². The zero-order valence-electron chi connectivity index (χ0n) is 12.0. The first kappa shape index (κ1) is 14.5. The van der Waals surface area contributed by atoms with Gasteiger partial charge in [-0.2, -0.15) is 0 Å². The highest BCUT2D eigenvalue weighted by molar-refractivity contribution is 5.20. The van der Waals surface area contributed by atoms with Crippen molar-refractivity contribution in [2.75, 3.05) is 13.2 Å². The SMILES string of the molecule is Cc1nccnc1C(C)NCCCOc1ccccc1. The summed E-state index contributed by atoms with van der Waals surface area (Å²) in [6, 6.07) is 10.1. The molecule has 2 aromatic rings. The molecule has 1 atom stereocenters. The predicted molar refractivity (Wildman–Crippen MR) is 79.7 cm³/mol. The number of nitrogens with one attached hydrogen (secondary N) is 1. The fourth-order valence-corrected chi connectivity index (χ4v) is 2.04. The first-order valence-corrected chi connectivity index (χ1v) is 6.96. The van der Waals surface area contributed by atoms with Gasteiger partial charge in [0.2, 0.25) is 0 Å². The molecule has 0 aliphatic heterocycles. The molecule has 0 bridgehead atoms. The molecule has 1 aromatic carbocycles. The highest BCUT2D eigenvalue weighted by atomic mass is 16.5. The molecule has 4 nitrogen and oxygen atoms in total. The molecule has 0 fully saturated rings. The van der Waals surface area contributed by atoms with Gasteiger partial charge < -0.3 is 10.1 Å². The molecule has 0 aliphatic carbocycles. The second-order valence-corrected chi connectivity index (χ2v) is 4.72. The van der Waals surface area contributed by atoms with Crippen molar-refractivity contribution in [3.05, 3.63) is 54.1 Å². The molecule has 0 amide bonds. The summed E-state index contributed by atoms with van der Waals surface area (Å²) < 4.78 is 5.65. The van der Waals surface area contributed by atoms with Crippen LogP contribution in [0, 0.1) is 6.92 Å². The number of nitrogens with zero attached hydrogens (tertiary/aromatic N) is 2. The average Bonchev–Trinajstić information content (AvgIpc) is 2.48. The van der Waals surface area contributed by atoms with Crippen molar-refractivity contribution in [2.45, 2.75) is 26.3 Å². The van der Waals surface area contributed by atoms with E-state index in [4.69, 9.17) is 4.74 Å². The zero-order valence-corrected chi connectivity index (χ0v) is 12.0. The molecule has 4 heteroatoms. The number of aryl methyl sites for hydroxylation is 1. The summed E-state index contributed by atoms with van der Waals surface area (Å²) in [5.41, 5.74) is 1.99. The van der Waals surface area contributed by atoms with Crippen LogP contribution in [-0.4, -0.2) is 23.1 Å². The molecule has 0 aliphatic rings. The van der Waals surface area contributed by atoms with Crippen LogP contribution in [0.5, 0.6) is 5.75 Å². The van der Waals surface area contributed by atoms with Crippen molar-refractivity contribution in [2.24, 2.45) is 0 Å². The van der Waals surface area contributed by atoms with Crippen LogP contribution in [0.4, 0.5) is 0 Å². The Morgan fingerprint density at radius 2 is 1.90 bits per heavy atom. The third kappa shape index (κ3) is 4.31. The third-order valence-corrected chi connectivity index (χ3v) is 3.11. The number of para-hydroxylation sites is 1. The highest BCUT2D eigenvalue weighted by Gasteiger charge is 2.09. The third-order valence-electron chi connectivity index (χ3n) is 3.11. The molecular weight excluding hydrogens is 250 g/mol. The van der Waals surface area contributed by atoms with E-state index < -0.39 is 0 Å². The summed E-state index contributed by atoms with van der Waals surface area (Å²) in [5, 5.41) is 3.44. The highest BCUT2D eigenvalue weighted by Crippen LogP contribution is 2.11. The lowest BCUT2D eigenvalue weighted by Crippen LogP contribution is -2.23. The smallest absolute Gasteiger partial charge is 0.119 e. The lowest BCUT2D eigenvalue weighted by molar-refractivity contribution is 0.305. The number of hydrogen-bond donors (Lipinski definition) is 1. The van der Waals surface area contributed by atoms with Crippen molar-refractivity contribution in [3.8, 4) is 5.75 Å². The van der Waals surface area contributed by atoms with Crippen LogP contribution >= 0.6 is 0 Å². The summed E-state index contributed by atoms with van der Waals surface area (Å²) in [7, 11) is 0. The Kier molecular flexibility index (Phi) is 5.50. The van der Waals surface area contributed by atoms with E-state index >= 15 is 0 Å². The molecule has 1 unspecified atom stereocenters. The van der Waals surface area contributed by atoms with Crippen molar-refractivity contribution in [1.82, 2.24) is 15.3 Å².